The molecule has 2 heterocycles. The maximum absolute atomic E-state index is 12.3. The molecular weight excluding hydrogens is 320 g/mol. The van der Waals surface area contributed by atoms with E-state index in [1.165, 1.54) is 6.42 Å². The van der Waals surface area contributed by atoms with Gasteiger partial charge in [0.05, 0.1) is 5.56 Å². The van der Waals surface area contributed by atoms with Crippen LogP contribution in [0, 0.1) is 0 Å². The lowest BCUT2D eigenvalue weighted by Gasteiger charge is -2.24. The number of fused-ring (bicyclic) bond motifs is 1. The first-order valence-corrected chi connectivity index (χ1v) is 9.01. The van der Waals surface area contributed by atoms with Crippen molar-refractivity contribution in [1.82, 2.24) is 4.90 Å². The van der Waals surface area contributed by atoms with Gasteiger partial charge in [0.25, 0.3) is 5.91 Å². The van der Waals surface area contributed by atoms with Gasteiger partial charge in [0, 0.05) is 25.2 Å². The van der Waals surface area contributed by atoms with Gasteiger partial charge in [-0.1, -0.05) is 19.3 Å². The van der Waals surface area contributed by atoms with Crippen molar-refractivity contribution in [2.75, 3.05) is 25.0 Å². The number of carbonyl (C=O) groups is 3. The van der Waals surface area contributed by atoms with E-state index in [1.807, 2.05) is 0 Å². The minimum absolute atomic E-state index is 0.0123. The van der Waals surface area contributed by atoms with Crippen LogP contribution in [0.15, 0.2) is 18.2 Å². The molecule has 0 aliphatic carbocycles. The molecule has 0 saturated carbocycles. The Morgan fingerprint density at radius 1 is 1.04 bits per heavy atom. The van der Waals surface area contributed by atoms with Crippen molar-refractivity contribution in [2.45, 2.75) is 44.9 Å². The smallest absolute Gasteiger partial charge is 0.338 e. The zero-order chi connectivity index (χ0) is 17.6. The van der Waals surface area contributed by atoms with Crippen LogP contribution in [-0.4, -0.2) is 42.4 Å². The first kappa shape index (κ1) is 17.5. The van der Waals surface area contributed by atoms with Gasteiger partial charge in [-0.25, -0.2) is 4.79 Å². The number of esters is 1. The Balaban J connectivity index is 1.55. The van der Waals surface area contributed by atoms with Gasteiger partial charge >= 0.3 is 5.97 Å². The second-order valence-corrected chi connectivity index (χ2v) is 6.64. The summed E-state index contributed by atoms with van der Waals surface area (Å²) in [6.45, 7) is 1.27. The first-order valence-electron chi connectivity index (χ1n) is 9.01. The zero-order valence-electron chi connectivity index (χ0n) is 14.4. The molecule has 1 N–H and O–H groups in total. The van der Waals surface area contributed by atoms with Crippen LogP contribution in [0.1, 0.15) is 54.4 Å². The molecule has 1 saturated heterocycles. The third-order valence-electron chi connectivity index (χ3n) is 4.77. The number of rotatable bonds is 3. The predicted molar refractivity (Wildman–Crippen MR) is 93.3 cm³/mol. The number of likely N-dealkylation sites (tertiary alicyclic amines) is 1. The topological polar surface area (TPSA) is 75.7 Å². The Kier molecular flexibility index (Phi) is 5.68. The van der Waals surface area contributed by atoms with Gasteiger partial charge in [0.15, 0.2) is 6.61 Å². The second kappa shape index (κ2) is 8.14. The zero-order valence-corrected chi connectivity index (χ0v) is 14.4. The van der Waals surface area contributed by atoms with Crippen LogP contribution in [0.4, 0.5) is 5.69 Å². The van der Waals surface area contributed by atoms with E-state index in [0.717, 1.165) is 50.0 Å². The molecular formula is C19H24N2O4. The summed E-state index contributed by atoms with van der Waals surface area (Å²) in [7, 11) is 0. The number of nitrogens with zero attached hydrogens (tertiary/aromatic N) is 1. The minimum atomic E-state index is -0.500. The number of hydrogen-bond acceptors (Lipinski definition) is 4. The van der Waals surface area contributed by atoms with Crippen LogP contribution < -0.4 is 5.32 Å². The van der Waals surface area contributed by atoms with Crippen LogP contribution >= 0.6 is 0 Å². The quantitative estimate of drug-likeness (QED) is 0.855. The van der Waals surface area contributed by atoms with E-state index in [4.69, 9.17) is 4.74 Å². The SMILES string of the molecule is O=C1CCc2cc(C(=O)OCC(=O)N3CCCCCCC3)ccc2N1. The standard InChI is InChI=1S/C19H24N2O4/c22-17-9-7-14-12-15(6-8-16(14)20-17)19(24)25-13-18(23)21-10-4-2-1-3-5-11-21/h6,8,12H,1-5,7,9-11,13H2,(H,20,22). The molecule has 3 rings (SSSR count). The number of nitrogens with one attached hydrogen (secondary N) is 1. The van der Waals surface area contributed by atoms with Crippen molar-refractivity contribution in [3.63, 3.8) is 0 Å². The van der Waals surface area contributed by atoms with E-state index in [9.17, 15) is 14.4 Å². The Bertz CT molecular complexity index is 663. The van der Waals surface area contributed by atoms with E-state index in [2.05, 4.69) is 5.32 Å². The summed E-state index contributed by atoms with van der Waals surface area (Å²) in [5, 5.41) is 2.78. The molecule has 6 nitrogen and oxygen atoms in total. The average Bonchev–Trinajstić information content (AvgIpc) is 2.58. The summed E-state index contributed by atoms with van der Waals surface area (Å²) < 4.78 is 5.21. The number of amides is 2. The highest BCUT2D eigenvalue weighted by Gasteiger charge is 2.19. The highest BCUT2D eigenvalue weighted by atomic mass is 16.5. The number of carbonyl (C=O) groups excluding carboxylic acids is 3. The normalized spacial score (nSPS) is 17.8. The summed E-state index contributed by atoms with van der Waals surface area (Å²) >= 11 is 0. The highest BCUT2D eigenvalue weighted by Crippen LogP contribution is 2.23. The largest absolute Gasteiger partial charge is 0.452 e. The van der Waals surface area contributed by atoms with Gasteiger partial charge < -0.3 is 15.0 Å². The lowest BCUT2D eigenvalue weighted by molar-refractivity contribution is -0.134. The Labute approximate surface area is 147 Å². The molecule has 1 aromatic carbocycles. The van der Waals surface area contributed by atoms with Gasteiger partial charge in [-0.3, -0.25) is 9.59 Å². The molecule has 1 aromatic rings. The number of anilines is 1. The molecule has 134 valence electrons. The summed E-state index contributed by atoms with van der Waals surface area (Å²) in [4.78, 5) is 37.7. The lowest BCUT2D eigenvalue weighted by Crippen LogP contribution is -2.36. The van der Waals surface area contributed by atoms with Crippen molar-refractivity contribution in [3.8, 4) is 0 Å². The molecule has 0 aromatic heterocycles. The third kappa shape index (κ3) is 4.59. The average molecular weight is 344 g/mol. The fourth-order valence-corrected chi connectivity index (χ4v) is 3.31. The van der Waals surface area contributed by atoms with Crippen molar-refractivity contribution >= 4 is 23.5 Å². The molecule has 0 atom stereocenters. The Morgan fingerprint density at radius 3 is 2.52 bits per heavy atom. The first-order chi connectivity index (χ1) is 12.1. The second-order valence-electron chi connectivity index (χ2n) is 6.64. The molecule has 25 heavy (non-hydrogen) atoms. The van der Waals surface area contributed by atoms with E-state index in [-0.39, 0.29) is 18.4 Å². The Hall–Kier alpha value is -2.37. The fraction of sp³-hybridized carbons (Fsp3) is 0.526. The van der Waals surface area contributed by atoms with Crippen molar-refractivity contribution < 1.29 is 19.1 Å². The lowest BCUT2D eigenvalue weighted by atomic mass is 10.0. The summed E-state index contributed by atoms with van der Waals surface area (Å²) in [6, 6.07) is 5.06. The maximum atomic E-state index is 12.3. The highest BCUT2D eigenvalue weighted by molar-refractivity contribution is 5.96. The third-order valence-corrected chi connectivity index (χ3v) is 4.77. The molecule has 0 bridgehead atoms. The van der Waals surface area contributed by atoms with Crippen LogP contribution in [0.5, 0.6) is 0 Å². The van der Waals surface area contributed by atoms with E-state index in [1.54, 1.807) is 23.1 Å². The fourth-order valence-electron chi connectivity index (χ4n) is 3.31. The van der Waals surface area contributed by atoms with Crippen LogP contribution in [0.2, 0.25) is 0 Å². The van der Waals surface area contributed by atoms with Crippen molar-refractivity contribution in [1.29, 1.82) is 0 Å². The Morgan fingerprint density at radius 2 is 1.76 bits per heavy atom. The molecule has 2 aliphatic heterocycles. The monoisotopic (exact) mass is 344 g/mol. The van der Waals surface area contributed by atoms with Gasteiger partial charge in [-0.05, 0) is 43.0 Å². The number of benzene rings is 1. The molecule has 0 radical (unpaired) electrons. The number of hydrogen-bond donors (Lipinski definition) is 1. The molecule has 6 heteroatoms. The molecule has 2 aliphatic rings. The predicted octanol–water partition coefficient (Wildman–Crippen LogP) is 2.52. The summed E-state index contributed by atoms with van der Waals surface area (Å²) in [5.74, 6) is -0.637. The summed E-state index contributed by atoms with van der Waals surface area (Å²) in [6.07, 6.45) is 6.57. The molecule has 0 spiro atoms. The van der Waals surface area contributed by atoms with Gasteiger partial charge in [0.2, 0.25) is 5.91 Å². The van der Waals surface area contributed by atoms with Crippen LogP contribution in [0.3, 0.4) is 0 Å². The molecule has 2 amide bonds. The van der Waals surface area contributed by atoms with E-state index in [0.29, 0.717) is 18.4 Å². The van der Waals surface area contributed by atoms with Gasteiger partial charge in [-0.2, -0.15) is 0 Å². The van der Waals surface area contributed by atoms with Gasteiger partial charge in [0.1, 0.15) is 0 Å². The van der Waals surface area contributed by atoms with Crippen molar-refractivity contribution in [3.05, 3.63) is 29.3 Å². The molecule has 0 unspecified atom stereocenters. The van der Waals surface area contributed by atoms with Crippen LogP contribution in [0.25, 0.3) is 0 Å². The van der Waals surface area contributed by atoms with Crippen LogP contribution in [-0.2, 0) is 20.7 Å². The van der Waals surface area contributed by atoms with Crippen molar-refractivity contribution in [2.24, 2.45) is 0 Å². The number of aryl methyl sites for hydroxylation is 1. The van der Waals surface area contributed by atoms with Gasteiger partial charge in [-0.15, -0.1) is 0 Å². The van der Waals surface area contributed by atoms with E-state index < -0.39 is 5.97 Å². The summed E-state index contributed by atoms with van der Waals surface area (Å²) in [5.41, 5.74) is 2.07. The van der Waals surface area contributed by atoms with E-state index >= 15 is 0 Å². The molecule has 1 fully saturated rings. The number of ether oxygens (including phenoxy) is 1. The maximum Gasteiger partial charge on any atom is 0.338 e. The minimum Gasteiger partial charge on any atom is -0.452 e.